The van der Waals surface area contributed by atoms with Crippen molar-refractivity contribution in [3.8, 4) is 0 Å². The van der Waals surface area contributed by atoms with Crippen molar-refractivity contribution in [2.24, 2.45) is 0 Å². The first-order chi connectivity index (χ1) is 10.4. The van der Waals surface area contributed by atoms with Crippen LogP contribution in [0.25, 0.3) is 0 Å². The molecule has 9 heteroatoms. The Bertz CT molecular complexity index is 730. The monoisotopic (exact) mass is 360 g/mol. The third kappa shape index (κ3) is 4.05. The Morgan fingerprint density at radius 2 is 1.95 bits per heavy atom. The molecule has 118 valence electrons. The van der Waals surface area contributed by atoms with E-state index in [0.29, 0.717) is 5.02 Å². The molecule has 0 spiro atoms. The highest BCUT2D eigenvalue weighted by molar-refractivity contribution is 7.89. The molecule has 0 saturated carbocycles. The van der Waals surface area contributed by atoms with E-state index in [2.05, 4.69) is 0 Å². The van der Waals surface area contributed by atoms with Crippen LogP contribution in [0.5, 0.6) is 0 Å². The van der Waals surface area contributed by atoms with Crippen LogP contribution in [0.1, 0.15) is 5.56 Å². The van der Waals surface area contributed by atoms with Crippen LogP contribution >= 0.6 is 22.9 Å². The molecule has 1 heterocycles. The molecule has 0 aliphatic carbocycles. The number of thiophene rings is 1. The molecule has 0 unspecified atom stereocenters. The van der Waals surface area contributed by atoms with E-state index in [9.17, 15) is 13.2 Å². The maximum Gasteiger partial charge on any atom is 0.258 e. The summed E-state index contributed by atoms with van der Waals surface area (Å²) in [5.41, 5.74) is 2.20. The van der Waals surface area contributed by atoms with E-state index >= 15 is 0 Å². The molecule has 2 aromatic rings. The van der Waals surface area contributed by atoms with Gasteiger partial charge in [-0.15, -0.1) is 0 Å². The molecule has 0 atom stereocenters. The van der Waals surface area contributed by atoms with Crippen LogP contribution in [-0.4, -0.2) is 30.4 Å². The second kappa shape index (κ2) is 7.21. The van der Waals surface area contributed by atoms with Crippen LogP contribution in [0.3, 0.4) is 0 Å². The van der Waals surface area contributed by atoms with Gasteiger partial charge in [-0.25, -0.2) is 13.9 Å². The van der Waals surface area contributed by atoms with Crippen molar-refractivity contribution in [2.75, 3.05) is 6.54 Å². The molecule has 0 aliphatic heterocycles. The highest BCUT2D eigenvalue weighted by Crippen LogP contribution is 2.21. The van der Waals surface area contributed by atoms with E-state index < -0.39 is 22.5 Å². The Labute approximate surface area is 137 Å². The number of carbonyl (C=O) groups excluding carboxylic acids is 1. The molecule has 0 bridgehead atoms. The molecule has 22 heavy (non-hydrogen) atoms. The highest BCUT2D eigenvalue weighted by atomic mass is 35.5. The smallest absolute Gasteiger partial charge is 0.258 e. The Kier molecular flexibility index (Phi) is 5.54. The van der Waals surface area contributed by atoms with Gasteiger partial charge in [-0.3, -0.25) is 10.0 Å². The molecule has 0 radical (unpaired) electrons. The number of hydrogen-bond acceptors (Lipinski definition) is 5. The summed E-state index contributed by atoms with van der Waals surface area (Å²) in [7, 11) is -3.89. The minimum Gasteiger partial charge on any atom is -0.289 e. The van der Waals surface area contributed by atoms with Crippen LogP contribution in [0.4, 0.5) is 0 Å². The summed E-state index contributed by atoms with van der Waals surface area (Å²) in [6, 6.07) is 7.43. The zero-order valence-corrected chi connectivity index (χ0v) is 13.7. The van der Waals surface area contributed by atoms with E-state index in [4.69, 9.17) is 16.8 Å². The number of sulfonamides is 1. The molecular weight excluding hydrogens is 348 g/mol. The summed E-state index contributed by atoms with van der Waals surface area (Å²) in [6.07, 6.45) is 0. The van der Waals surface area contributed by atoms with Crippen molar-refractivity contribution < 1.29 is 18.4 Å². The molecule has 1 aromatic heterocycles. The number of rotatable bonds is 6. The van der Waals surface area contributed by atoms with Gasteiger partial charge in [-0.05, 0) is 46.7 Å². The summed E-state index contributed by atoms with van der Waals surface area (Å²) < 4.78 is 26.3. The van der Waals surface area contributed by atoms with E-state index in [1.165, 1.54) is 41.1 Å². The number of amides is 1. The van der Waals surface area contributed by atoms with Crippen LogP contribution in [0.15, 0.2) is 46.0 Å². The van der Waals surface area contributed by atoms with Gasteiger partial charge >= 0.3 is 0 Å². The minimum atomic E-state index is -3.89. The molecule has 0 aliphatic rings. The van der Waals surface area contributed by atoms with Crippen molar-refractivity contribution in [1.82, 2.24) is 9.79 Å². The molecule has 1 amide bonds. The molecule has 0 fully saturated rings. The summed E-state index contributed by atoms with van der Waals surface area (Å²) in [5, 5.41) is 12.7. The molecule has 1 aromatic carbocycles. The van der Waals surface area contributed by atoms with Gasteiger partial charge in [0.05, 0.1) is 11.4 Å². The fourth-order valence-electron chi connectivity index (χ4n) is 1.76. The first kappa shape index (κ1) is 16.9. The Morgan fingerprint density at radius 3 is 2.50 bits per heavy atom. The van der Waals surface area contributed by atoms with E-state index in [1.807, 2.05) is 5.38 Å². The molecule has 6 nitrogen and oxygen atoms in total. The fraction of sp³-hybridized carbons (Fsp3) is 0.154. The lowest BCUT2D eigenvalue weighted by Gasteiger charge is -2.20. The number of halogens is 1. The zero-order valence-electron chi connectivity index (χ0n) is 11.3. The summed E-state index contributed by atoms with van der Waals surface area (Å²) in [6.45, 7) is -0.459. The fourth-order valence-corrected chi connectivity index (χ4v) is 3.93. The van der Waals surface area contributed by atoms with Crippen LogP contribution < -0.4 is 5.48 Å². The van der Waals surface area contributed by atoms with Crippen molar-refractivity contribution in [2.45, 2.75) is 11.4 Å². The van der Waals surface area contributed by atoms with Gasteiger partial charge in [0.1, 0.15) is 0 Å². The number of hydroxylamine groups is 1. The van der Waals surface area contributed by atoms with Gasteiger partial charge in [-0.2, -0.15) is 15.6 Å². The number of carbonyl (C=O) groups is 1. The van der Waals surface area contributed by atoms with Gasteiger partial charge in [0.2, 0.25) is 10.0 Å². The van der Waals surface area contributed by atoms with Crippen LogP contribution in [0, 0.1) is 0 Å². The maximum absolute atomic E-state index is 12.6. The first-order valence-corrected chi connectivity index (χ1v) is 8.89. The quantitative estimate of drug-likeness (QED) is 0.610. The molecular formula is C13H13ClN2O4S2. The molecule has 2 N–H and O–H groups in total. The van der Waals surface area contributed by atoms with Gasteiger partial charge in [0.25, 0.3) is 5.91 Å². The van der Waals surface area contributed by atoms with Crippen molar-refractivity contribution in [3.63, 3.8) is 0 Å². The predicted molar refractivity (Wildman–Crippen MR) is 83.3 cm³/mol. The van der Waals surface area contributed by atoms with Crippen LogP contribution in [0.2, 0.25) is 5.02 Å². The third-order valence-corrected chi connectivity index (χ3v) is 5.63. The zero-order chi connectivity index (χ0) is 16.2. The highest BCUT2D eigenvalue weighted by Gasteiger charge is 2.26. The van der Waals surface area contributed by atoms with Crippen LogP contribution in [-0.2, 0) is 21.4 Å². The maximum atomic E-state index is 12.6. The van der Waals surface area contributed by atoms with Crippen molar-refractivity contribution in [3.05, 3.63) is 51.7 Å². The van der Waals surface area contributed by atoms with Crippen molar-refractivity contribution in [1.29, 1.82) is 0 Å². The number of hydrogen-bond donors (Lipinski definition) is 2. The summed E-state index contributed by atoms with van der Waals surface area (Å²) in [4.78, 5) is 11.4. The summed E-state index contributed by atoms with van der Waals surface area (Å²) >= 11 is 7.18. The lowest BCUT2D eigenvalue weighted by molar-refractivity contribution is -0.129. The third-order valence-electron chi connectivity index (χ3n) is 2.84. The van der Waals surface area contributed by atoms with Gasteiger partial charge in [-0.1, -0.05) is 11.6 Å². The normalized spacial score (nSPS) is 11.6. The minimum absolute atomic E-state index is 0.0258. The summed E-state index contributed by atoms with van der Waals surface area (Å²) in [5.74, 6) is -0.812. The topological polar surface area (TPSA) is 86.7 Å². The Balaban J connectivity index is 2.33. The standard InChI is InChI=1S/C13H13ClN2O4S2/c14-11-1-3-12(4-2-11)22(19,20)16(8-13(17)15-18)7-10-5-6-21-9-10/h1-6,9,18H,7-8H2,(H,15,17). The second-order valence-electron chi connectivity index (χ2n) is 4.39. The predicted octanol–water partition coefficient (Wildman–Crippen LogP) is 2.10. The van der Waals surface area contributed by atoms with E-state index in [0.717, 1.165) is 9.87 Å². The van der Waals surface area contributed by atoms with Gasteiger partial charge in [0, 0.05) is 11.6 Å². The average Bonchev–Trinajstić information content (AvgIpc) is 3.00. The lowest BCUT2D eigenvalue weighted by atomic mass is 10.3. The lowest BCUT2D eigenvalue weighted by Crippen LogP contribution is -2.39. The Hall–Kier alpha value is -1.45. The SMILES string of the molecule is O=C(CN(Cc1ccsc1)S(=O)(=O)c1ccc(Cl)cc1)NO. The molecule has 0 saturated heterocycles. The number of benzene rings is 1. The van der Waals surface area contributed by atoms with E-state index in [-0.39, 0.29) is 11.4 Å². The first-order valence-electron chi connectivity index (χ1n) is 6.13. The van der Waals surface area contributed by atoms with Gasteiger partial charge in [0.15, 0.2) is 0 Å². The number of nitrogens with zero attached hydrogens (tertiary/aromatic N) is 1. The van der Waals surface area contributed by atoms with E-state index in [1.54, 1.807) is 11.4 Å². The second-order valence-corrected chi connectivity index (χ2v) is 7.55. The van der Waals surface area contributed by atoms with Crippen molar-refractivity contribution >= 4 is 38.9 Å². The molecule has 2 rings (SSSR count). The number of nitrogens with one attached hydrogen (secondary N) is 1. The Morgan fingerprint density at radius 1 is 1.27 bits per heavy atom. The largest absolute Gasteiger partial charge is 0.289 e. The average molecular weight is 361 g/mol. The van der Waals surface area contributed by atoms with Gasteiger partial charge < -0.3 is 0 Å².